The van der Waals surface area contributed by atoms with Crippen molar-refractivity contribution < 1.29 is 19.1 Å². The standard InChI is InChI=1S/C33H42N4O4/c1-24(2)21-30(34)32(38)35-31(22-25-9-13-29(14-10-25)41-23-26-7-5-4-6-8-26)33(39)37-19-17-36(18-20-37)27-11-15-28(40-3)16-12-27/h4-16,24,30-31H,17-23,34H2,1-3H3,(H,35,38). The van der Waals surface area contributed by atoms with E-state index in [0.29, 0.717) is 45.6 Å². The summed E-state index contributed by atoms with van der Waals surface area (Å²) in [5.41, 5.74) is 9.30. The Balaban J connectivity index is 1.40. The van der Waals surface area contributed by atoms with Gasteiger partial charge in [0.1, 0.15) is 24.1 Å². The highest BCUT2D eigenvalue weighted by Crippen LogP contribution is 2.21. The van der Waals surface area contributed by atoms with Gasteiger partial charge in [-0.25, -0.2) is 0 Å². The first-order valence-electron chi connectivity index (χ1n) is 14.3. The molecule has 8 heteroatoms. The quantitative estimate of drug-likeness (QED) is 0.349. The van der Waals surface area contributed by atoms with E-state index in [-0.39, 0.29) is 17.7 Å². The Hall–Kier alpha value is -4.04. The van der Waals surface area contributed by atoms with Gasteiger partial charge < -0.3 is 30.3 Å². The maximum Gasteiger partial charge on any atom is 0.245 e. The summed E-state index contributed by atoms with van der Waals surface area (Å²) in [7, 11) is 1.65. The zero-order valence-corrected chi connectivity index (χ0v) is 24.3. The Morgan fingerprint density at radius 2 is 1.49 bits per heavy atom. The van der Waals surface area contributed by atoms with Crippen molar-refractivity contribution in [2.75, 3.05) is 38.2 Å². The Bertz CT molecular complexity index is 1240. The van der Waals surface area contributed by atoms with Crippen molar-refractivity contribution in [3.8, 4) is 11.5 Å². The molecule has 3 aromatic carbocycles. The fourth-order valence-electron chi connectivity index (χ4n) is 4.99. The molecule has 2 atom stereocenters. The van der Waals surface area contributed by atoms with Gasteiger partial charge in [-0.2, -0.15) is 0 Å². The molecule has 1 aliphatic heterocycles. The van der Waals surface area contributed by atoms with Gasteiger partial charge in [0, 0.05) is 38.3 Å². The lowest BCUT2D eigenvalue weighted by atomic mass is 10.0. The highest BCUT2D eigenvalue weighted by atomic mass is 16.5. The average molecular weight is 559 g/mol. The molecule has 4 rings (SSSR count). The normalized spacial score (nSPS) is 14.9. The number of piperazine rings is 1. The number of anilines is 1. The minimum Gasteiger partial charge on any atom is -0.497 e. The Morgan fingerprint density at radius 3 is 2.10 bits per heavy atom. The molecule has 3 N–H and O–H groups in total. The highest BCUT2D eigenvalue weighted by Gasteiger charge is 2.30. The van der Waals surface area contributed by atoms with Crippen molar-refractivity contribution in [1.29, 1.82) is 0 Å². The second-order valence-electron chi connectivity index (χ2n) is 10.9. The monoisotopic (exact) mass is 558 g/mol. The number of amides is 2. The first-order chi connectivity index (χ1) is 19.8. The van der Waals surface area contributed by atoms with Crippen LogP contribution in [0.1, 0.15) is 31.4 Å². The van der Waals surface area contributed by atoms with Crippen LogP contribution in [0.4, 0.5) is 5.69 Å². The molecule has 1 saturated heterocycles. The van der Waals surface area contributed by atoms with Crippen LogP contribution in [0.25, 0.3) is 0 Å². The summed E-state index contributed by atoms with van der Waals surface area (Å²) in [6, 6.07) is 24.3. The molecular formula is C33H42N4O4. The largest absolute Gasteiger partial charge is 0.497 e. The van der Waals surface area contributed by atoms with Crippen molar-refractivity contribution in [2.24, 2.45) is 11.7 Å². The summed E-state index contributed by atoms with van der Waals surface area (Å²) < 4.78 is 11.2. The molecule has 0 spiro atoms. The summed E-state index contributed by atoms with van der Waals surface area (Å²) in [6.07, 6.45) is 0.928. The molecular weight excluding hydrogens is 516 g/mol. The third kappa shape index (κ3) is 8.72. The van der Waals surface area contributed by atoms with E-state index < -0.39 is 12.1 Å². The summed E-state index contributed by atoms with van der Waals surface area (Å²) in [5, 5.41) is 2.97. The summed E-state index contributed by atoms with van der Waals surface area (Å²) >= 11 is 0. The van der Waals surface area contributed by atoms with Crippen LogP contribution in [-0.4, -0.2) is 62.1 Å². The molecule has 0 radical (unpaired) electrons. The van der Waals surface area contributed by atoms with Gasteiger partial charge in [-0.3, -0.25) is 9.59 Å². The van der Waals surface area contributed by atoms with E-state index in [1.54, 1.807) is 7.11 Å². The molecule has 41 heavy (non-hydrogen) atoms. The second-order valence-corrected chi connectivity index (χ2v) is 10.9. The average Bonchev–Trinajstić information content (AvgIpc) is 3.00. The van der Waals surface area contributed by atoms with Gasteiger partial charge in [0.15, 0.2) is 0 Å². The number of ether oxygens (including phenoxy) is 2. The van der Waals surface area contributed by atoms with Crippen LogP contribution in [0.3, 0.4) is 0 Å². The molecule has 1 aliphatic rings. The van der Waals surface area contributed by atoms with Gasteiger partial charge in [-0.15, -0.1) is 0 Å². The third-order valence-corrected chi connectivity index (χ3v) is 7.32. The maximum atomic E-state index is 13.7. The SMILES string of the molecule is COc1ccc(N2CCN(C(=O)C(Cc3ccc(OCc4ccccc4)cc3)NC(=O)C(N)CC(C)C)CC2)cc1. The van der Waals surface area contributed by atoms with Crippen molar-refractivity contribution in [1.82, 2.24) is 10.2 Å². The van der Waals surface area contributed by atoms with E-state index in [1.165, 1.54) is 0 Å². The maximum absolute atomic E-state index is 13.7. The van der Waals surface area contributed by atoms with Gasteiger partial charge in [-0.1, -0.05) is 56.3 Å². The van der Waals surface area contributed by atoms with Crippen molar-refractivity contribution in [3.05, 3.63) is 90.0 Å². The number of nitrogens with two attached hydrogens (primary N) is 1. The van der Waals surface area contributed by atoms with Crippen molar-refractivity contribution >= 4 is 17.5 Å². The first-order valence-corrected chi connectivity index (χ1v) is 14.3. The van der Waals surface area contributed by atoms with Crippen LogP contribution in [0.5, 0.6) is 11.5 Å². The molecule has 1 fully saturated rings. The van der Waals surface area contributed by atoms with Crippen LogP contribution < -0.4 is 25.4 Å². The van der Waals surface area contributed by atoms with Gasteiger partial charge in [0.05, 0.1) is 13.2 Å². The van der Waals surface area contributed by atoms with Crippen molar-refractivity contribution in [2.45, 2.75) is 45.4 Å². The van der Waals surface area contributed by atoms with E-state index >= 15 is 0 Å². The van der Waals surface area contributed by atoms with Gasteiger partial charge in [-0.05, 0) is 59.9 Å². The molecule has 218 valence electrons. The van der Waals surface area contributed by atoms with Crippen LogP contribution in [0.15, 0.2) is 78.9 Å². The topological polar surface area (TPSA) is 97.1 Å². The Kier molecular flexibility index (Phi) is 10.6. The molecule has 0 aromatic heterocycles. The van der Waals surface area contributed by atoms with Gasteiger partial charge in [0.25, 0.3) is 0 Å². The highest BCUT2D eigenvalue weighted by molar-refractivity contribution is 5.90. The van der Waals surface area contributed by atoms with Crippen molar-refractivity contribution in [3.63, 3.8) is 0 Å². The predicted molar refractivity (Wildman–Crippen MR) is 162 cm³/mol. The molecule has 2 amide bonds. The van der Waals surface area contributed by atoms with E-state index in [2.05, 4.69) is 10.2 Å². The minimum absolute atomic E-state index is 0.0890. The number of carbonyl (C=O) groups is 2. The van der Waals surface area contributed by atoms with Crippen LogP contribution in [0, 0.1) is 5.92 Å². The van der Waals surface area contributed by atoms with Crippen LogP contribution in [0.2, 0.25) is 0 Å². The predicted octanol–water partition coefficient (Wildman–Crippen LogP) is 4.02. The molecule has 3 aromatic rings. The fourth-order valence-corrected chi connectivity index (χ4v) is 4.99. The molecule has 2 unspecified atom stereocenters. The number of nitrogens with one attached hydrogen (secondary N) is 1. The molecule has 8 nitrogen and oxygen atoms in total. The van der Waals surface area contributed by atoms with Crippen LogP contribution >= 0.6 is 0 Å². The molecule has 0 saturated carbocycles. The van der Waals surface area contributed by atoms with E-state index in [9.17, 15) is 9.59 Å². The summed E-state index contributed by atoms with van der Waals surface area (Å²) in [6.45, 7) is 7.09. The zero-order chi connectivity index (χ0) is 29.2. The smallest absolute Gasteiger partial charge is 0.245 e. The lowest BCUT2D eigenvalue weighted by molar-refractivity contribution is -0.137. The van der Waals surface area contributed by atoms with Crippen LogP contribution in [-0.2, 0) is 22.6 Å². The molecule has 0 bridgehead atoms. The van der Waals surface area contributed by atoms with E-state index in [1.807, 2.05) is 97.6 Å². The zero-order valence-electron chi connectivity index (χ0n) is 24.3. The number of carbonyl (C=O) groups excluding carboxylic acids is 2. The number of rotatable bonds is 12. The first kappa shape index (κ1) is 29.9. The van der Waals surface area contributed by atoms with Gasteiger partial charge in [0.2, 0.25) is 11.8 Å². The number of hydrogen-bond acceptors (Lipinski definition) is 6. The fraction of sp³-hybridized carbons (Fsp3) is 0.394. The third-order valence-electron chi connectivity index (χ3n) is 7.32. The lowest BCUT2D eigenvalue weighted by Gasteiger charge is -2.38. The molecule has 0 aliphatic carbocycles. The van der Waals surface area contributed by atoms with E-state index in [0.717, 1.165) is 28.3 Å². The molecule has 1 heterocycles. The minimum atomic E-state index is -0.704. The number of benzene rings is 3. The Labute approximate surface area is 243 Å². The summed E-state index contributed by atoms with van der Waals surface area (Å²) in [5.74, 6) is 1.45. The summed E-state index contributed by atoms with van der Waals surface area (Å²) in [4.78, 5) is 30.8. The number of hydrogen-bond donors (Lipinski definition) is 2. The van der Waals surface area contributed by atoms with Gasteiger partial charge >= 0.3 is 0 Å². The van der Waals surface area contributed by atoms with E-state index in [4.69, 9.17) is 15.2 Å². The second kappa shape index (κ2) is 14.6. The lowest BCUT2D eigenvalue weighted by Crippen LogP contribution is -2.57. The number of nitrogens with zero attached hydrogens (tertiary/aromatic N) is 2. The Morgan fingerprint density at radius 1 is 0.854 bits per heavy atom. The number of methoxy groups -OCH3 is 1.